The summed E-state index contributed by atoms with van der Waals surface area (Å²) in [5.74, 6) is -4.31. The van der Waals surface area contributed by atoms with Gasteiger partial charge in [0.05, 0.1) is 32.9 Å². The molecule has 0 fully saturated rings. The van der Waals surface area contributed by atoms with Crippen LogP contribution in [0.2, 0.25) is 0 Å². The molecule has 0 spiro atoms. The van der Waals surface area contributed by atoms with Crippen LogP contribution in [0.5, 0.6) is 17.2 Å². The number of nitrogens with zero attached hydrogens (tertiary/aromatic N) is 3. The van der Waals surface area contributed by atoms with E-state index in [9.17, 15) is 72.9 Å². The predicted octanol–water partition coefficient (Wildman–Crippen LogP) is 11.8. The second-order valence-electron chi connectivity index (χ2n) is 29.0. The van der Waals surface area contributed by atoms with E-state index in [1.165, 1.54) is 72.8 Å². The number of esters is 6. The molecule has 4 rings (SSSR count). The fourth-order valence-corrected chi connectivity index (χ4v) is 11.1. The van der Waals surface area contributed by atoms with E-state index in [1.54, 1.807) is 41.5 Å². The van der Waals surface area contributed by atoms with Gasteiger partial charge in [0.1, 0.15) is 63.6 Å². The molecular weight excluding hydrogens is 1420 g/mol. The Kier molecular flexibility index (Phi) is 40.7. The van der Waals surface area contributed by atoms with E-state index in [1.807, 2.05) is 0 Å². The molecule has 109 heavy (non-hydrogen) atoms. The van der Waals surface area contributed by atoms with Gasteiger partial charge < -0.3 is 73.9 Å². The van der Waals surface area contributed by atoms with E-state index in [4.69, 9.17) is 42.6 Å². The number of carbonyl (C=O) groups excluding carboxylic acids is 9. The topological polar surface area (TPSA) is 399 Å². The maximum atomic E-state index is 14.2. The van der Waals surface area contributed by atoms with Gasteiger partial charge >= 0.3 is 71.2 Å². The zero-order chi connectivity index (χ0) is 80.4. The molecule has 6 N–H and O–H groups in total. The Morgan fingerprint density at radius 3 is 0.890 bits per heavy atom. The van der Waals surface area contributed by atoms with Crippen molar-refractivity contribution in [3.05, 3.63) is 121 Å². The number of nitrogens with one attached hydrogen (secondary N) is 3. The summed E-state index contributed by atoms with van der Waals surface area (Å²) in [7, 11) is 0. The molecule has 606 valence electrons. The fraction of sp³-hybridized carbons (Fsp3) is 0.620. The molecule has 0 saturated carbocycles. The molecule has 30 nitrogen and oxygen atoms in total. The lowest BCUT2D eigenvalue weighted by atomic mass is 9.87. The van der Waals surface area contributed by atoms with Gasteiger partial charge in [-0.25, -0.2) is 56.9 Å². The lowest BCUT2D eigenvalue weighted by Crippen LogP contribution is -2.56. The summed E-state index contributed by atoms with van der Waals surface area (Å²) in [4.78, 5) is 161. The zero-order valence-corrected chi connectivity index (χ0v) is 65.0. The monoisotopic (exact) mass is 1530 g/mol. The minimum absolute atomic E-state index is 0.0474. The van der Waals surface area contributed by atoms with Crippen LogP contribution >= 0.6 is 0 Å². The van der Waals surface area contributed by atoms with Crippen LogP contribution in [0.25, 0.3) is 0 Å². The van der Waals surface area contributed by atoms with Crippen molar-refractivity contribution in [2.24, 2.45) is 16.2 Å². The normalized spacial score (nSPS) is 12.3. The van der Waals surface area contributed by atoms with E-state index in [0.717, 1.165) is 86.2 Å². The number of aromatic nitrogens is 3. The summed E-state index contributed by atoms with van der Waals surface area (Å²) in [6.07, 6.45) is 8.85. The van der Waals surface area contributed by atoms with Crippen LogP contribution in [0.1, 0.15) is 241 Å². The first-order valence-electron chi connectivity index (χ1n) is 38.1. The molecular formula is C79H116N6O24. The number of amides is 3. The molecule has 0 saturated heterocycles. The fourth-order valence-electron chi connectivity index (χ4n) is 11.1. The summed E-state index contributed by atoms with van der Waals surface area (Å²) in [5, 5.41) is 36.7. The number of aromatic hydroxyl groups is 3. The highest BCUT2D eigenvalue weighted by Gasteiger charge is 2.34. The number of hydrogen-bond acceptors (Lipinski definition) is 24. The average Bonchev–Trinajstić information content (AvgIpc) is 0.784. The van der Waals surface area contributed by atoms with Crippen molar-refractivity contribution in [1.82, 2.24) is 29.7 Å². The Balaban J connectivity index is 1.47. The number of benzene rings is 3. The maximum Gasteiger partial charge on any atom is 0.409 e. The maximum absolute atomic E-state index is 14.2. The van der Waals surface area contributed by atoms with Crippen molar-refractivity contribution in [3.8, 4) is 17.2 Å². The van der Waals surface area contributed by atoms with Gasteiger partial charge in [0.15, 0.2) is 18.3 Å². The summed E-state index contributed by atoms with van der Waals surface area (Å²) in [5.41, 5.74) is -5.44. The van der Waals surface area contributed by atoms with Gasteiger partial charge in [0.2, 0.25) is 0 Å². The number of unbranched alkanes of at least 4 members (excludes halogenated alkanes) is 15. The number of hydrogen-bond donors (Lipinski definition) is 6. The Labute approximate surface area is 637 Å². The molecule has 3 amide bonds. The van der Waals surface area contributed by atoms with Gasteiger partial charge in [-0.15, -0.1) is 0 Å². The van der Waals surface area contributed by atoms with Crippen LogP contribution in [0.3, 0.4) is 0 Å². The van der Waals surface area contributed by atoms with E-state index >= 15 is 0 Å². The quantitative estimate of drug-likeness (QED) is 0.0136. The zero-order valence-electron chi connectivity index (χ0n) is 65.0. The number of phenolic OH excluding ortho intramolecular Hbond substituents is 3. The standard InChI is InChI=1S/C79H116N6O24/c1-10-13-16-23-42-77(4,5)68(92)104-52-62(49-101-65(89)56-30-36-59(86)37-31-56)107-71(95)80-45-26-19-21-28-47-83-74(98)84(48-29-22-20-27-46-81-72(96)108-63(50-102-66(90)57-32-38-60(87)39-33-57)53-105-69(93)78(6,7)43-24-17-14-11-2)76(100)85(75(83)99)55-82-73(97)109-64(51-103-67(91)58-34-40-61(88)41-35-58)54-106-70(94)79(8,9)44-25-18-15-12-3/h30-41,62-64,86-88H,10-29,42-55H2,1-9H3,(H,80,95)(H,81,96)(H,82,97). The number of rotatable bonds is 52. The summed E-state index contributed by atoms with van der Waals surface area (Å²) in [6, 6.07) is 15.8. The van der Waals surface area contributed by atoms with Gasteiger partial charge in [0.25, 0.3) is 0 Å². The Morgan fingerprint density at radius 2 is 0.596 bits per heavy atom. The average molecular weight is 1530 g/mol. The van der Waals surface area contributed by atoms with Crippen molar-refractivity contribution in [1.29, 1.82) is 0 Å². The number of alkyl carbamates (subject to hydrolysis) is 3. The molecule has 30 heteroatoms. The second-order valence-corrected chi connectivity index (χ2v) is 29.0. The first kappa shape index (κ1) is 91.5. The largest absolute Gasteiger partial charge is 0.508 e. The molecule has 0 radical (unpaired) electrons. The van der Waals surface area contributed by atoms with Crippen LogP contribution in [-0.2, 0) is 76.8 Å². The molecule has 0 bridgehead atoms. The summed E-state index contributed by atoms with van der Waals surface area (Å²) >= 11 is 0. The molecule has 0 aliphatic rings. The van der Waals surface area contributed by atoms with Gasteiger partial charge in [0, 0.05) is 26.2 Å². The first-order valence-corrected chi connectivity index (χ1v) is 38.1. The molecule has 1 aromatic heterocycles. The number of carbonyl (C=O) groups is 9. The van der Waals surface area contributed by atoms with Crippen molar-refractivity contribution in [2.45, 2.75) is 248 Å². The predicted molar refractivity (Wildman–Crippen MR) is 402 cm³/mol. The van der Waals surface area contributed by atoms with E-state index in [2.05, 4.69) is 36.7 Å². The highest BCUT2D eigenvalue weighted by molar-refractivity contribution is 5.90. The van der Waals surface area contributed by atoms with Crippen molar-refractivity contribution >= 4 is 54.1 Å². The van der Waals surface area contributed by atoms with Gasteiger partial charge in [-0.3, -0.25) is 14.4 Å². The van der Waals surface area contributed by atoms with Crippen LogP contribution < -0.4 is 33.0 Å². The highest BCUT2D eigenvalue weighted by Crippen LogP contribution is 2.29. The third-order valence-corrected chi connectivity index (χ3v) is 18.1. The molecule has 1 heterocycles. The van der Waals surface area contributed by atoms with E-state index < -0.39 is 152 Å². The molecule has 4 aromatic rings. The van der Waals surface area contributed by atoms with Crippen molar-refractivity contribution < 1.29 is 101 Å². The van der Waals surface area contributed by atoms with Crippen LogP contribution in [-0.4, -0.2) is 154 Å². The van der Waals surface area contributed by atoms with Gasteiger partial charge in [-0.05, 0) is 159 Å². The smallest absolute Gasteiger partial charge is 0.409 e. The van der Waals surface area contributed by atoms with Crippen LogP contribution in [0.4, 0.5) is 14.4 Å². The molecule has 3 unspecified atom stereocenters. The van der Waals surface area contributed by atoms with Crippen molar-refractivity contribution in [2.75, 3.05) is 52.7 Å². The lowest BCUT2D eigenvalue weighted by Gasteiger charge is -2.24. The second kappa shape index (κ2) is 48.5. The lowest BCUT2D eigenvalue weighted by molar-refractivity contribution is -0.158. The van der Waals surface area contributed by atoms with E-state index in [0.29, 0.717) is 62.4 Å². The molecule has 0 aliphatic carbocycles. The third-order valence-electron chi connectivity index (χ3n) is 18.1. The third kappa shape index (κ3) is 34.5. The van der Waals surface area contributed by atoms with Crippen molar-refractivity contribution in [3.63, 3.8) is 0 Å². The summed E-state index contributed by atoms with van der Waals surface area (Å²) in [6.45, 7) is 12.7. The molecule has 3 atom stereocenters. The van der Waals surface area contributed by atoms with E-state index in [-0.39, 0.29) is 73.0 Å². The number of ether oxygens (including phenoxy) is 9. The highest BCUT2D eigenvalue weighted by atomic mass is 16.6. The Bertz CT molecular complexity index is 3510. The summed E-state index contributed by atoms with van der Waals surface area (Å²) < 4.78 is 52.1. The van der Waals surface area contributed by atoms with Crippen LogP contribution in [0, 0.1) is 16.2 Å². The van der Waals surface area contributed by atoms with Gasteiger partial charge in [-0.1, -0.05) is 124 Å². The Morgan fingerprint density at radius 1 is 0.339 bits per heavy atom. The Hall–Kier alpha value is -9.90. The minimum Gasteiger partial charge on any atom is -0.508 e. The van der Waals surface area contributed by atoms with Crippen LogP contribution in [0.15, 0.2) is 87.2 Å². The minimum atomic E-state index is -1.42. The van der Waals surface area contributed by atoms with Gasteiger partial charge in [-0.2, -0.15) is 0 Å². The molecule has 0 aliphatic heterocycles. The molecule has 3 aromatic carbocycles. The first-order chi connectivity index (χ1) is 51.9. The number of phenols is 3. The SMILES string of the molecule is CCCCCCC(C)(C)C(=O)OCC(COC(=O)c1ccc(O)cc1)OC(=O)NCCCCCCn1c(=O)n(CCCCCCNC(=O)OC(COC(=O)c2ccc(O)cc2)COC(=O)C(C)(C)CCCCCC)c(=O)n(CNC(=O)OC(COC(=O)c2ccc(O)cc2)COC(=O)C(C)(C)CCCCCC)c1=O.